The van der Waals surface area contributed by atoms with E-state index in [2.05, 4.69) is 39.3 Å². The molecule has 0 fully saturated rings. The third kappa shape index (κ3) is 4.69. The first-order chi connectivity index (χ1) is 13.2. The van der Waals surface area contributed by atoms with Crippen LogP contribution in [0.2, 0.25) is 0 Å². The van der Waals surface area contributed by atoms with E-state index < -0.39 is 0 Å². The van der Waals surface area contributed by atoms with Crippen molar-refractivity contribution in [1.29, 1.82) is 0 Å². The normalized spacial score (nSPS) is 10.6. The average molecular weight is 364 g/mol. The van der Waals surface area contributed by atoms with Crippen LogP contribution in [0.3, 0.4) is 0 Å². The van der Waals surface area contributed by atoms with Crippen molar-refractivity contribution < 1.29 is 4.79 Å². The first-order valence-electron chi connectivity index (χ1n) is 9.07. The second-order valence-corrected chi connectivity index (χ2v) is 6.33. The summed E-state index contributed by atoms with van der Waals surface area (Å²) in [4.78, 5) is 23.0. The molecule has 0 saturated carbocycles. The van der Waals surface area contributed by atoms with Crippen LogP contribution in [-0.2, 0) is 6.54 Å². The predicted octanol–water partition coefficient (Wildman–Crippen LogP) is 2.83. The zero-order valence-electron chi connectivity index (χ0n) is 15.7. The summed E-state index contributed by atoms with van der Waals surface area (Å²) in [5, 5.41) is 7.05. The maximum atomic E-state index is 12.5. The molecule has 0 aliphatic carbocycles. The molecule has 3 aromatic rings. The summed E-state index contributed by atoms with van der Waals surface area (Å²) < 4.78 is 1.59. The number of rotatable bonds is 8. The fourth-order valence-electron chi connectivity index (χ4n) is 2.76. The number of carbonyl (C=O) groups excluding carboxylic acids is 1. The van der Waals surface area contributed by atoms with Crippen LogP contribution in [0.4, 0.5) is 5.69 Å². The Hall–Kier alpha value is -3.22. The molecule has 3 rings (SSSR count). The van der Waals surface area contributed by atoms with Gasteiger partial charge in [-0.1, -0.05) is 19.4 Å². The van der Waals surface area contributed by atoms with Crippen LogP contribution < -0.4 is 10.2 Å². The SMILES string of the molecule is CCCCN(C)c1ccc(C(=O)NCc2cccnc2-n2cncn2)cc1. The van der Waals surface area contributed by atoms with Crippen molar-refractivity contribution in [2.75, 3.05) is 18.5 Å². The van der Waals surface area contributed by atoms with Gasteiger partial charge in [0.2, 0.25) is 0 Å². The van der Waals surface area contributed by atoms with Gasteiger partial charge in [0.15, 0.2) is 5.82 Å². The van der Waals surface area contributed by atoms with E-state index in [4.69, 9.17) is 0 Å². The summed E-state index contributed by atoms with van der Waals surface area (Å²) in [6, 6.07) is 11.4. The van der Waals surface area contributed by atoms with E-state index >= 15 is 0 Å². The molecule has 1 aromatic carbocycles. The van der Waals surface area contributed by atoms with Crippen LogP contribution >= 0.6 is 0 Å². The fraction of sp³-hybridized carbons (Fsp3) is 0.300. The van der Waals surface area contributed by atoms with Crippen LogP contribution in [-0.4, -0.2) is 39.2 Å². The first-order valence-corrected chi connectivity index (χ1v) is 9.07. The van der Waals surface area contributed by atoms with Gasteiger partial charge in [-0.15, -0.1) is 0 Å². The predicted molar refractivity (Wildman–Crippen MR) is 105 cm³/mol. The lowest BCUT2D eigenvalue weighted by Gasteiger charge is -2.19. The van der Waals surface area contributed by atoms with Gasteiger partial charge in [-0.2, -0.15) is 5.10 Å². The van der Waals surface area contributed by atoms with Crippen molar-refractivity contribution >= 4 is 11.6 Å². The van der Waals surface area contributed by atoms with E-state index in [9.17, 15) is 4.79 Å². The summed E-state index contributed by atoms with van der Waals surface area (Å²) >= 11 is 0. The number of nitrogens with one attached hydrogen (secondary N) is 1. The number of carbonyl (C=O) groups is 1. The van der Waals surface area contributed by atoms with Gasteiger partial charge in [-0.3, -0.25) is 4.79 Å². The van der Waals surface area contributed by atoms with Crippen molar-refractivity contribution in [1.82, 2.24) is 25.1 Å². The number of hydrogen-bond acceptors (Lipinski definition) is 5. The lowest BCUT2D eigenvalue weighted by Crippen LogP contribution is -2.24. The Labute approximate surface area is 159 Å². The number of unbranched alkanes of at least 4 members (excludes halogenated alkanes) is 1. The monoisotopic (exact) mass is 364 g/mol. The van der Waals surface area contributed by atoms with E-state index in [1.54, 1.807) is 17.2 Å². The zero-order chi connectivity index (χ0) is 19.1. The highest BCUT2D eigenvalue weighted by Crippen LogP contribution is 2.15. The molecule has 27 heavy (non-hydrogen) atoms. The van der Waals surface area contributed by atoms with E-state index in [1.165, 1.54) is 6.33 Å². The number of aromatic nitrogens is 4. The molecule has 2 heterocycles. The van der Waals surface area contributed by atoms with E-state index in [1.807, 2.05) is 36.4 Å². The quantitative estimate of drug-likeness (QED) is 0.665. The largest absolute Gasteiger partial charge is 0.375 e. The maximum Gasteiger partial charge on any atom is 0.251 e. The number of pyridine rings is 1. The highest BCUT2D eigenvalue weighted by Gasteiger charge is 2.10. The molecule has 1 amide bonds. The Morgan fingerprint density at radius 2 is 2.04 bits per heavy atom. The van der Waals surface area contributed by atoms with Gasteiger partial charge in [-0.05, 0) is 36.8 Å². The molecule has 140 valence electrons. The molecule has 0 saturated heterocycles. The van der Waals surface area contributed by atoms with E-state index in [-0.39, 0.29) is 5.91 Å². The van der Waals surface area contributed by atoms with Gasteiger partial charge in [0.25, 0.3) is 5.91 Å². The Kier molecular flexibility index (Phi) is 6.14. The number of hydrogen-bond donors (Lipinski definition) is 1. The molecule has 0 atom stereocenters. The molecule has 7 nitrogen and oxygen atoms in total. The lowest BCUT2D eigenvalue weighted by atomic mass is 10.1. The highest BCUT2D eigenvalue weighted by atomic mass is 16.1. The minimum absolute atomic E-state index is 0.119. The van der Waals surface area contributed by atoms with Crippen LogP contribution in [0.5, 0.6) is 0 Å². The van der Waals surface area contributed by atoms with Gasteiger partial charge >= 0.3 is 0 Å². The molecule has 7 heteroatoms. The number of anilines is 1. The smallest absolute Gasteiger partial charge is 0.251 e. The molecular weight excluding hydrogens is 340 g/mol. The van der Waals surface area contributed by atoms with Gasteiger partial charge in [-0.25, -0.2) is 14.6 Å². The second-order valence-electron chi connectivity index (χ2n) is 6.33. The Morgan fingerprint density at radius 1 is 1.22 bits per heavy atom. The van der Waals surface area contributed by atoms with Crippen LogP contribution in [0.15, 0.2) is 55.2 Å². The third-order valence-corrected chi connectivity index (χ3v) is 4.36. The first kappa shape index (κ1) is 18.6. The van der Waals surface area contributed by atoms with Gasteiger partial charge in [0.1, 0.15) is 12.7 Å². The summed E-state index contributed by atoms with van der Waals surface area (Å²) in [6.07, 6.45) is 7.04. The highest BCUT2D eigenvalue weighted by molar-refractivity contribution is 5.94. The number of amides is 1. The van der Waals surface area contributed by atoms with Crippen LogP contribution in [0.25, 0.3) is 5.82 Å². The second kappa shape index (κ2) is 8.93. The summed E-state index contributed by atoms with van der Waals surface area (Å²) in [5.41, 5.74) is 2.61. The molecule has 0 aliphatic rings. The van der Waals surface area contributed by atoms with E-state index in [0.717, 1.165) is 30.6 Å². The van der Waals surface area contributed by atoms with Crippen LogP contribution in [0, 0.1) is 0 Å². The van der Waals surface area contributed by atoms with Gasteiger partial charge in [0.05, 0.1) is 0 Å². The molecule has 1 N–H and O–H groups in total. The Bertz CT molecular complexity index is 860. The van der Waals surface area contributed by atoms with Gasteiger partial charge in [0, 0.05) is 43.1 Å². The van der Waals surface area contributed by atoms with Crippen LogP contribution in [0.1, 0.15) is 35.7 Å². The lowest BCUT2D eigenvalue weighted by molar-refractivity contribution is 0.0951. The minimum Gasteiger partial charge on any atom is -0.375 e. The molecular formula is C20H24N6O. The molecule has 0 unspecified atom stereocenters. The van der Waals surface area contributed by atoms with Crippen molar-refractivity contribution in [3.05, 3.63) is 66.4 Å². The maximum absolute atomic E-state index is 12.5. The number of benzene rings is 1. The summed E-state index contributed by atoms with van der Waals surface area (Å²) in [5.74, 6) is 0.536. The summed E-state index contributed by atoms with van der Waals surface area (Å²) in [6.45, 7) is 3.55. The molecule has 0 aliphatic heterocycles. The summed E-state index contributed by atoms with van der Waals surface area (Å²) in [7, 11) is 2.07. The minimum atomic E-state index is -0.119. The van der Waals surface area contributed by atoms with Crippen molar-refractivity contribution in [2.45, 2.75) is 26.3 Å². The molecule has 2 aromatic heterocycles. The van der Waals surface area contributed by atoms with Crippen molar-refractivity contribution in [3.63, 3.8) is 0 Å². The third-order valence-electron chi connectivity index (χ3n) is 4.36. The molecule has 0 radical (unpaired) electrons. The molecule has 0 spiro atoms. The van der Waals surface area contributed by atoms with E-state index in [0.29, 0.717) is 17.9 Å². The standard InChI is InChI=1S/C20H24N6O/c1-3-4-12-25(2)18-9-7-16(8-10-18)20(27)23-13-17-6-5-11-22-19(17)26-15-21-14-24-26/h5-11,14-15H,3-4,12-13H2,1-2H3,(H,23,27). The Morgan fingerprint density at radius 3 is 2.74 bits per heavy atom. The Balaban J connectivity index is 1.63. The fourth-order valence-corrected chi connectivity index (χ4v) is 2.76. The van der Waals surface area contributed by atoms with Crippen molar-refractivity contribution in [3.8, 4) is 5.82 Å². The number of nitrogens with zero attached hydrogens (tertiary/aromatic N) is 5. The topological polar surface area (TPSA) is 75.9 Å². The van der Waals surface area contributed by atoms with Crippen molar-refractivity contribution in [2.24, 2.45) is 0 Å². The zero-order valence-corrected chi connectivity index (χ0v) is 15.7. The average Bonchev–Trinajstić information content (AvgIpc) is 3.25. The van der Waals surface area contributed by atoms with Gasteiger partial charge < -0.3 is 10.2 Å². The molecule has 0 bridgehead atoms.